The Hall–Kier alpha value is -0.730. The number of nitrogens with one attached hydrogen (secondary N) is 1. The smallest absolute Gasteiger partial charge is 0.188 e. The van der Waals surface area contributed by atoms with Gasteiger partial charge in [0.1, 0.15) is 0 Å². The Kier molecular flexibility index (Phi) is 8.39. The molecule has 0 spiro atoms. The van der Waals surface area contributed by atoms with Crippen molar-refractivity contribution in [2.75, 3.05) is 6.54 Å². The van der Waals surface area contributed by atoms with Crippen LogP contribution in [0, 0.1) is 0 Å². The Morgan fingerprint density at radius 3 is 2.43 bits per heavy atom. The van der Waals surface area contributed by atoms with Crippen molar-refractivity contribution >= 4 is 5.96 Å². The van der Waals surface area contributed by atoms with Gasteiger partial charge in [0.2, 0.25) is 0 Å². The molecule has 0 heterocycles. The highest BCUT2D eigenvalue weighted by Crippen LogP contribution is 2.06. The highest BCUT2D eigenvalue weighted by molar-refractivity contribution is 5.78. The number of nitrogens with zero attached hydrogens (tertiary/aromatic N) is 1. The van der Waals surface area contributed by atoms with E-state index in [0.29, 0.717) is 12.0 Å². The number of aliphatic imine (C=N–C) groups is 1. The summed E-state index contributed by atoms with van der Waals surface area (Å²) in [5.74, 6) is 0.599. The van der Waals surface area contributed by atoms with Gasteiger partial charge in [0.25, 0.3) is 0 Å². The van der Waals surface area contributed by atoms with E-state index in [2.05, 4.69) is 24.2 Å². The molecule has 3 nitrogen and oxygen atoms in total. The first-order valence-corrected chi connectivity index (χ1v) is 5.81. The average Bonchev–Trinajstić information content (AvgIpc) is 2.15. The molecule has 0 bridgehead atoms. The number of guanidine groups is 1. The number of unbranched alkanes of at least 4 members (excludes halogenated alkanes) is 1. The number of rotatable bonds is 7. The first-order chi connectivity index (χ1) is 6.74. The van der Waals surface area contributed by atoms with Crippen LogP contribution < -0.4 is 11.1 Å². The third kappa shape index (κ3) is 6.75. The van der Waals surface area contributed by atoms with Crippen LogP contribution in [0.4, 0.5) is 0 Å². The molecule has 0 rings (SSSR count). The van der Waals surface area contributed by atoms with Gasteiger partial charge in [-0.3, -0.25) is 4.99 Å². The maximum atomic E-state index is 5.73. The standard InChI is InChI=1S/C11H25N3/c1-4-7-9-10(8-5-2)14-11(12)13-6-3/h10H,4-9H2,1-3H3,(H3,12,13,14). The van der Waals surface area contributed by atoms with Gasteiger partial charge in [0.15, 0.2) is 5.96 Å². The fourth-order valence-corrected chi connectivity index (χ4v) is 1.51. The normalized spacial score (nSPS) is 14.1. The van der Waals surface area contributed by atoms with E-state index in [9.17, 15) is 0 Å². The third-order valence-electron chi connectivity index (χ3n) is 2.22. The fourth-order valence-electron chi connectivity index (χ4n) is 1.51. The quantitative estimate of drug-likeness (QED) is 0.488. The molecule has 0 aromatic rings. The van der Waals surface area contributed by atoms with E-state index in [1.165, 1.54) is 32.1 Å². The monoisotopic (exact) mass is 199 g/mol. The van der Waals surface area contributed by atoms with Crippen LogP contribution in [0.25, 0.3) is 0 Å². The molecule has 0 fully saturated rings. The number of hydrogen-bond donors (Lipinski definition) is 2. The molecular formula is C11H25N3. The van der Waals surface area contributed by atoms with Crippen LogP contribution in [0.1, 0.15) is 52.9 Å². The Bertz CT molecular complexity index is 155. The summed E-state index contributed by atoms with van der Waals surface area (Å²) >= 11 is 0. The molecule has 84 valence electrons. The summed E-state index contributed by atoms with van der Waals surface area (Å²) in [6.45, 7) is 7.17. The largest absolute Gasteiger partial charge is 0.370 e. The molecular weight excluding hydrogens is 174 g/mol. The Morgan fingerprint density at radius 1 is 1.21 bits per heavy atom. The lowest BCUT2D eigenvalue weighted by Crippen LogP contribution is -2.40. The molecule has 0 aliphatic carbocycles. The molecule has 1 atom stereocenters. The van der Waals surface area contributed by atoms with Crippen molar-refractivity contribution in [2.24, 2.45) is 10.7 Å². The van der Waals surface area contributed by atoms with Gasteiger partial charge in [-0.05, 0) is 19.8 Å². The Morgan fingerprint density at radius 2 is 1.93 bits per heavy atom. The Balaban J connectivity index is 3.87. The molecule has 0 saturated carbocycles. The topological polar surface area (TPSA) is 50.4 Å². The van der Waals surface area contributed by atoms with Gasteiger partial charge in [0.05, 0.1) is 0 Å². The van der Waals surface area contributed by atoms with Gasteiger partial charge < -0.3 is 11.1 Å². The van der Waals surface area contributed by atoms with Gasteiger partial charge in [0, 0.05) is 12.6 Å². The van der Waals surface area contributed by atoms with E-state index >= 15 is 0 Å². The van der Waals surface area contributed by atoms with Crippen LogP contribution >= 0.6 is 0 Å². The molecule has 0 aliphatic rings. The minimum atomic E-state index is 0.509. The summed E-state index contributed by atoms with van der Waals surface area (Å²) in [4.78, 5) is 4.14. The first kappa shape index (κ1) is 13.3. The highest BCUT2D eigenvalue weighted by Gasteiger charge is 2.06. The van der Waals surface area contributed by atoms with Gasteiger partial charge in [-0.1, -0.05) is 33.1 Å². The second-order valence-corrected chi connectivity index (χ2v) is 3.63. The van der Waals surface area contributed by atoms with Gasteiger partial charge in [-0.2, -0.15) is 0 Å². The van der Waals surface area contributed by atoms with E-state index in [1.807, 2.05) is 6.92 Å². The summed E-state index contributed by atoms with van der Waals surface area (Å²) < 4.78 is 0. The lowest BCUT2D eigenvalue weighted by atomic mass is 10.1. The van der Waals surface area contributed by atoms with Gasteiger partial charge in [-0.25, -0.2) is 0 Å². The van der Waals surface area contributed by atoms with Crippen molar-refractivity contribution in [3.8, 4) is 0 Å². The predicted octanol–water partition coefficient (Wildman–Crippen LogP) is 2.27. The molecule has 0 aromatic carbocycles. The molecule has 0 aliphatic heterocycles. The van der Waals surface area contributed by atoms with Crippen molar-refractivity contribution in [3.63, 3.8) is 0 Å². The SMILES string of the molecule is CCCCC(CCC)NC(N)=NCC. The van der Waals surface area contributed by atoms with Crippen LogP contribution in [0.3, 0.4) is 0 Å². The van der Waals surface area contributed by atoms with Crippen LogP contribution in [0.15, 0.2) is 4.99 Å². The van der Waals surface area contributed by atoms with Crippen LogP contribution in [0.2, 0.25) is 0 Å². The van der Waals surface area contributed by atoms with Gasteiger partial charge in [-0.15, -0.1) is 0 Å². The molecule has 1 unspecified atom stereocenters. The van der Waals surface area contributed by atoms with Gasteiger partial charge >= 0.3 is 0 Å². The minimum Gasteiger partial charge on any atom is -0.370 e. The molecule has 0 saturated heterocycles. The molecule has 0 aromatic heterocycles. The van der Waals surface area contributed by atoms with Crippen LogP contribution in [-0.4, -0.2) is 18.5 Å². The predicted molar refractivity (Wildman–Crippen MR) is 63.5 cm³/mol. The van der Waals surface area contributed by atoms with E-state index in [-0.39, 0.29) is 0 Å². The molecule has 3 N–H and O–H groups in total. The van der Waals surface area contributed by atoms with E-state index in [4.69, 9.17) is 5.73 Å². The summed E-state index contributed by atoms with van der Waals surface area (Å²) in [6, 6.07) is 0.509. The molecule has 14 heavy (non-hydrogen) atoms. The average molecular weight is 199 g/mol. The van der Waals surface area contributed by atoms with Crippen molar-refractivity contribution < 1.29 is 0 Å². The molecule has 3 heteroatoms. The maximum Gasteiger partial charge on any atom is 0.188 e. The first-order valence-electron chi connectivity index (χ1n) is 5.81. The van der Waals surface area contributed by atoms with E-state index in [0.717, 1.165) is 6.54 Å². The summed E-state index contributed by atoms with van der Waals surface area (Å²) in [7, 11) is 0. The molecule has 0 amide bonds. The van der Waals surface area contributed by atoms with Crippen LogP contribution in [0.5, 0.6) is 0 Å². The second-order valence-electron chi connectivity index (χ2n) is 3.63. The van der Waals surface area contributed by atoms with E-state index < -0.39 is 0 Å². The van der Waals surface area contributed by atoms with Crippen molar-refractivity contribution in [1.82, 2.24) is 5.32 Å². The van der Waals surface area contributed by atoms with Crippen LogP contribution in [-0.2, 0) is 0 Å². The number of nitrogens with two attached hydrogens (primary N) is 1. The maximum absolute atomic E-state index is 5.73. The van der Waals surface area contributed by atoms with E-state index in [1.54, 1.807) is 0 Å². The summed E-state index contributed by atoms with van der Waals surface area (Å²) in [6.07, 6.45) is 6.08. The minimum absolute atomic E-state index is 0.509. The summed E-state index contributed by atoms with van der Waals surface area (Å²) in [5.41, 5.74) is 5.73. The second kappa shape index (κ2) is 8.85. The highest BCUT2D eigenvalue weighted by atomic mass is 15.1. The zero-order valence-electron chi connectivity index (χ0n) is 9.84. The molecule has 0 radical (unpaired) electrons. The zero-order valence-corrected chi connectivity index (χ0v) is 9.84. The lowest BCUT2D eigenvalue weighted by molar-refractivity contribution is 0.493. The lowest BCUT2D eigenvalue weighted by Gasteiger charge is -2.18. The number of hydrogen-bond acceptors (Lipinski definition) is 1. The fraction of sp³-hybridized carbons (Fsp3) is 0.909. The zero-order chi connectivity index (χ0) is 10.8. The Labute approximate surface area is 88.2 Å². The van der Waals surface area contributed by atoms with Crippen molar-refractivity contribution in [2.45, 2.75) is 58.9 Å². The third-order valence-corrected chi connectivity index (χ3v) is 2.22. The summed E-state index contributed by atoms with van der Waals surface area (Å²) in [5, 5.41) is 3.28. The van der Waals surface area contributed by atoms with Crippen molar-refractivity contribution in [1.29, 1.82) is 0 Å². The van der Waals surface area contributed by atoms with Crippen molar-refractivity contribution in [3.05, 3.63) is 0 Å².